The lowest BCUT2D eigenvalue weighted by molar-refractivity contribution is -0.139. The summed E-state index contributed by atoms with van der Waals surface area (Å²) >= 11 is 7.23. The zero-order valence-corrected chi connectivity index (χ0v) is 10.5. The molecule has 0 saturated carbocycles. The molecule has 0 saturated heterocycles. The van der Waals surface area contributed by atoms with Crippen molar-refractivity contribution in [3.05, 3.63) is 29.8 Å². The standard InChI is InChI=1S/C11H11ClO3S/c1-15-11(14)9(12)10(13)7-3-5-8(16-2)6-4-7/h3-6,9H,1-2H3. The topological polar surface area (TPSA) is 43.4 Å². The number of rotatable bonds is 4. The van der Waals surface area contributed by atoms with Gasteiger partial charge in [-0.25, -0.2) is 4.79 Å². The van der Waals surface area contributed by atoms with Crippen molar-refractivity contribution in [3.63, 3.8) is 0 Å². The van der Waals surface area contributed by atoms with Crippen LogP contribution in [-0.2, 0) is 9.53 Å². The highest BCUT2D eigenvalue weighted by Gasteiger charge is 2.25. The number of Topliss-reactive ketones (excluding diaryl/α,β-unsaturated/α-hetero) is 1. The number of ketones is 1. The summed E-state index contributed by atoms with van der Waals surface area (Å²) in [7, 11) is 1.20. The number of thioether (sulfide) groups is 1. The first-order valence-electron chi connectivity index (χ1n) is 4.50. The fourth-order valence-corrected chi connectivity index (χ4v) is 1.74. The van der Waals surface area contributed by atoms with Crippen LogP contribution >= 0.6 is 23.4 Å². The molecule has 1 rings (SSSR count). The van der Waals surface area contributed by atoms with Gasteiger partial charge in [0.2, 0.25) is 0 Å². The van der Waals surface area contributed by atoms with E-state index < -0.39 is 17.1 Å². The number of hydrogen-bond acceptors (Lipinski definition) is 4. The second-order valence-electron chi connectivity index (χ2n) is 2.98. The molecule has 1 aromatic carbocycles. The number of carbonyl (C=O) groups excluding carboxylic acids is 2. The first-order valence-corrected chi connectivity index (χ1v) is 6.16. The number of halogens is 1. The monoisotopic (exact) mass is 258 g/mol. The summed E-state index contributed by atoms with van der Waals surface area (Å²) in [6.45, 7) is 0. The molecule has 0 heterocycles. The molecular weight excluding hydrogens is 248 g/mol. The lowest BCUT2D eigenvalue weighted by Gasteiger charge is -2.06. The Morgan fingerprint density at radius 2 is 1.88 bits per heavy atom. The van der Waals surface area contributed by atoms with Crippen LogP contribution in [0.25, 0.3) is 0 Å². The third kappa shape index (κ3) is 3.00. The van der Waals surface area contributed by atoms with Crippen molar-refractivity contribution < 1.29 is 14.3 Å². The maximum absolute atomic E-state index is 11.7. The molecule has 3 nitrogen and oxygen atoms in total. The first-order chi connectivity index (χ1) is 7.60. The molecule has 0 aliphatic heterocycles. The molecule has 5 heteroatoms. The van der Waals surface area contributed by atoms with E-state index >= 15 is 0 Å². The van der Waals surface area contributed by atoms with E-state index in [9.17, 15) is 9.59 Å². The first kappa shape index (κ1) is 13.1. The smallest absolute Gasteiger partial charge is 0.331 e. The van der Waals surface area contributed by atoms with Crippen LogP contribution in [0.3, 0.4) is 0 Å². The molecule has 0 aromatic heterocycles. The maximum atomic E-state index is 11.7. The number of ether oxygens (including phenoxy) is 1. The van der Waals surface area contributed by atoms with Gasteiger partial charge in [-0.2, -0.15) is 0 Å². The zero-order chi connectivity index (χ0) is 12.1. The van der Waals surface area contributed by atoms with Crippen LogP contribution < -0.4 is 0 Å². The Hall–Kier alpha value is -1.00. The SMILES string of the molecule is COC(=O)C(Cl)C(=O)c1ccc(SC)cc1. The summed E-state index contributed by atoms with van der Waals surface area (Å²) < 4.78 is 4.40. The number of carbonyl (C=O) groups is 2. The van der Waals surface area contributed by atoms with E-state index in [0.717, 1.165) is 4.90 Å². The van der Waals surface area contributed by atoms with Gasteiger partial charge in [0.15, 0.2) is 11.2 Å². The fraction of sp³-hybridized carbons (Fsp3) is 0.273. The van der Waals surface area contributed by atoms with Crippen LogP contribution in [0.15, 0.2) is 29.2 Å². The van der Waals surface area contributed by atoms with E-state index in [1.165, 1.54) is 7.11 Å². The van der Waals surface area contributed by atoms with Gasteiger partial charge in [0.1, 0.15) is 0 Å². The minimum atomic E-state index is -1.27. The Balaban J connectivity index is 2.84. The van der Waals surface area contributed by atoms with Crippen LogP contribution in [-0.4, -0.2) is 30.5 Å². The number of alkyl halides is 1. The van der Waals surface area contributed by atoms with Crippen LogP contribution in [0.4, 0.5) is 0 Å². The van der Waals surface area contributed by atoms with Crippen LogP contribution in [0.1, 0.15) is 10.4 Å². The van der Waals surface area contributed by atoms with Crippen molar-refractivity contribution in [3.8, 4) is 0 Å². The molecule has 1 unspecified atom stereocenters. The van der Waals surface area contributed by atoms with Crippen molar-refractivity contribution in [1.82, 2.24) is 0 Å². The molecule has 16 heavy (non-hydrogen) atoms. The number of methoxy groups -OCH3 is 1. The molecule has 0 N–H and O–H groups in total. The third-order valence-electron chi connectivity index (χ3n) is 2.01. The van der Waals surface area contributed by atoms with Gasteiger partial charge >= 0.3 is 5.97 Å². The van der Waals surface area contributed by atoms with E-state index in [4.69, 9.17) is 11.6 Å². The van der Waals surface area contributed by atoms with Gasteiger partial charge in [0.05, 0.1) is 7.11 Å². The Morgan fingerprint density at radius 3 is 2.31 bits per heavy atom. The molecule has 0 bridgehead atoms. The van der Waals surface area contributed by atoms with Crippen molar-refractivity contribution in [2.24, 2.45) is 0 Å². The van der Waals surface area contributed by atoms with E-state index in [1.54, 1.807) is 36.0 Å². The van der Waals surface area contributed by atoms with E-state index in [0.29, 0.717) is 5.56 Å². The minimum absolute atomic E-state index is 0.406. The number of benzene rings is 1. The lowest BCUT2D eigenvalue weighted by Crippen LogP contribution is -2.25. The van der Waals surface area contributed by atoms with Gasteiger partial charge in [0, 0.05) is 10.5 Å². The Kier molecular flexibility index (Phi) is 4.83. The van der Waals surface area contributed by atoms with Crippen LogP contribution in [0.2, 0.25) is 0 Å². The molecule has 0 aliphatic rings. The predicted octanol–water partition coefficient (Wildman–Crippen LogP) is 2.37. The minimum Gasteiger partial charge on any atom is -0.468 e. The van der Waals surface area contributed by atoms with Gasteiger partial charge in [0.25, 0.3) is 0 Å². The predicted molar refractivity (Wildman–Crippen MR) is 64.2 cm³/mol. The van der Waals surface area contributed by atoms with Crippen LogP contribution in [0.5, 0.6) is 0 Å². The highest BCUT2D eigenvalue weighted by molar-refractivity contribution is 7.98. The summed E-state index contributed by atoms with van der Waals surface area (Å²) in [5, 5.41) is -1.27. The normalized spacial score (nSPS) is 11.9. The molecule has 0 radical (unpaired) electrons. The van der Waals surface area contributed by atoms with Gasteiger partial charge in [-0.05, 0) is 18.4 Å². The molecule has 0 amide bonds. The second kappa shape index (κ2) is 5.92. The quantitative estimate of drug-likeness (QED) is 0.273. The second-order valence-corrected chi connectivity index (χ2v) is 4.29. The Bertz CT molecular complexity index is 389. The zero-order valence-electron chi connectivity index (χ0n) is 8.90. The van der Waals surface area contributed by atoms with Crippen molar-refractivity contribution in [1.29, 1.82) is 0 Å². The highest BCUT2D eigenvalue weighted by Crippen LogP contribution is 2.17. The highest BCUT2D eigenvalue weighted by atomic mass is 35.5. The molecule has 86 valence electrons. The average molecular weight is 259 g/mol. The molecule has 0 spiro atoms. The molecule has 1 aromatic rings. The molecule has 0 fully saturated rings. The average Bonchev–Trinajstić information content (AvgIpc) is 2.36. The van der Waals surface area contributed by atoms with E-state index in [2.05, 4.69) is 4.74 Å². The van der Waals surface area contributed by atoms with Crippen molar-refractivity contribution in [2.75, 3.05) is 13.4 Å². The summed E-state index contributed by atoms with van der Waals surface area (Å²) in [4.78, 5) is 23.8. The molecule has 0 aliphatic carbocycles. The van der Waals surface area contributed by atoms with Gasteiger partial charge < -0.3 is 4.74 Å². The lowest BCUT2D eigenvalue weighted by atomic mass is 10.1. The third-order valence-corrected chi connectivity index (χ3v) is 3.13. The van der Waals surface area contributed by atoms with Gasteiger partial charge in [-0.3, -0.25) is 4.79 Å². The molecule has 1 atom stereocenters. The van der Waals surface area contributed by atoms with Crippen molar-refractivity contribution >= 4 is 35.1 Å². The van der Waals surface area contributed by atoms with E-state index in [-0.39, 0.29) is 0 Å². The van der Waals surface area contributed by atoms with Gasteiger partial charge in [-0.15, -0.1) is 23.4 Å². The van der Waals surface area contributed by atoms with E-state index in [1.807, 2.05) is 6.26 Å². The summed E-state index contributed by atoms with van der Waals surface area (Å²) in [6, 6.07) is 6.90. The Morgan fingerprint density at radius 1 is 1.31 bits per heavy atom. The number of esters is 1. The Labute approximate surface area is 103 Å². The van der Waals surface area contributed by atoms with Crippen LogP contribution in [0, 0.1) is 0 Å². The molecular formula is C11H11ClO3S. The summed E-state index contributed by atoms with van der Waals surface area (Å²) in [5.74, 6) is -1.18. The summed E-state index contributed by atoms with van der Waals surface area (Å²) in [5.41, 5.74) is 0.406. The van der Waals surface area contributed by atoms with Gasteiger partial charge in [-0.1, -0.05) is 12.1 Å². The summed E-state index contributed by atoms with van der Waals surface area (Å²) in [6.07, 6.45) is 1.94. The maximum Gasteiger partial charge on any atom is 0.331 e. The fourth-order valence-electron chi connectivity index (χ4n) is 1.11. The largest absolute Gasteiger partial charge is 0.468 e. The number of hydrogen-bond donors (Lipinski definition) is 0. The van der Waals surface area contributed by atoms with Crippen molar-refractivity contribution in [2.45, 2.75) is 10.3 Å².